The van der Waals surface area contributed by atoms with E-state index in [2.05, 4.69) is 43.5 Å². The number of phosphoric acid groups is 1. The number of aliphatic hydroxyl groups excluding tert-OH is 1. The quantitative estimate of drug-likeness (QED) is 0.0366. The lowest BCUT2D eigenvalue weighted by atomic mass is 10.1. The molecular formula is C33H63N2O6P. The van der Waals surface area contributed by atoms with Crippen LogP contribution < -0.4 is 11.1 Å². The zero-order valence-corrected chi connectivity index (χ0v) is 27.6. The van der Waals surface area contributed by atoms with Gasteiger partial charge in [0.1, 0.15) is 0 Å². The summed E-state index contributed by atoms with van der Waals surface area (Å²) in [5, 5.41) is 13.5. The first kappa shape index (κ1) is 40.7. The molecule has 0 aliphatic heterocycles. The first-order valence-electron chi connectivity index (χ1n) is 16.6. The van der Waals surface area contributed by atoms with Crippen LogP contribution in [0.3, 0.4) is 0 Å². The SMILES string of the molecule is CCCCC/C=C\CCCCCCCC(=O)NC(COP(=O)(O)OCCN)C(O)/C=C/CC/C=C/CCCCCCC. The number of nitrogens with two attached hydrogens (primary N) is 1. The van der Waals surface area contributed by atoms with Crippen molar-refractivity contribution in [2.45, 2.75) is 148 Å². The van der Waals surface area contributed by atoms with E-state index in [9.17, 15) is 19.4 Å². The van der Waals surface area contributed by atoms with E-state index in [-0.39, 0.29) is 25.7 Å². The van der Waals surface area contributed by atoms with Crippen molar-refractivity contribution >= 4 is 13.7 Å². The van der Waals surface area contributed by atoms with Crippen molar-refractivity contribution in [3.63, 3.8) is 0 Å². The standard InChI is InChI=1S/C33H63N2O6P/c1-3-5-7-9-11-13-15-17-19-21-23-25-27-33(37)35-31(30-41-42(38,39)40-29-28-34)32(36)26-24-22-20-18-16-14-12-10-8-6-4-2/h11,13,16,18,24,26,31-32,36H,3-10,12,14-15,17,19-23,25,27-30,34H2,1-2H3,(H,35,37)(H,38,39)/b13-11-,18-16+,26-24+. The molecule has 0 aromatic rings. The van der Waals surface area contributed by atoms with Crippen LogP contribution in [-0.4, -0.2) is 47.8 Å². The van der Waals surface area contributed by atoms with Crippen LogP contribution in [0, 0.1) is 0 Å². The number of carbonyl (C=O) groups excluding carboxylic acids is 1. The van der Waals surface area contributed by atoms with Crippen LogP contribution in [0.25, 0.3) is 0 Å². The largest absolute Gasteiger partial charge is 0.472 e. The van der Waals surface area contributed by atoms with Gasteiger partial charge in [0.05, 0.1) is 25.4 Å². The predicted octanol–water partition coefficient (Wildman–Crippen LogP) is 8.04. The van der Waals surface area contributed by atoms with Crippen LogP contribution in [-0.2, 0) is 18.4 Å². The molecule has 0 aromatic carbocycles. The molecule has 8 nitrogen and oxygen atoms in total. The van der Waals surface area contributed by atoms with Gasteiger partial charge < -0.3 is 21.1 Å². The van der Waals surface area contributed by atoms with Gasteiger partial charge >= 0.3 is 7.82 Å². The summed E-state index contributed by atoms with van der Waals surface area (Å²) in [5.74, 6) is -0.219. The first-order chi connectivity index (χ1) is 20.4. The lowest BCUT2D eigenvalue weighted by molar-refractivity contribution is -0.123. The molecule has 5 N–H and O–H groups in total. The first-order valence-corrected chi connectivity index (χ1v) is 18.1. The van der Waals surface area contributed by atoms with E-state index in [0.717, 1.165) is 57.8 Å². The Balaban J connectivity index is 4.49. The Morgan fingerprint density at radius 1 is 0.762 bits per heavy atom. The van der Waals surface area contributed by atoms with Gasteiger partial charge in [-0.2, -0.15) is 0 Å². The molecule has 0 radical (unpaired) electrons. The molecule has 9 heteroatoms. The summed E-state index contributed by atoms with van der Waals surface area (Å²) in [4.78, 5) is 22.4. The summed E-state index contributed by atoms with van der Waals surface area (Å²) in [6.07, 6.45) is 31.9. The van der Waals surface area contributed by atoms with Gasteiger partial charge in [0.15, 0.2) is 0 Å². The molecule has 3 atom stereocenters. The van der Waals surface area contributed by atoms with Crippen molar-refractivity contribution < 1.29 is 28.4 Å². The molecular weight excluding hydrogens is 551 g/mol. The number of hydrogen-bond acceptors (Lipinski definition) is 6. The summed E-state index contributed by atoms with van der Waals surface area (Å²) in [7, 11) is -4.33. The minimum Gasteiger partial charge on any atom is -0.387 e. The lowest BCUT2D eigenvalue weighted by Gasteiger charge is -2.23. The minimum absolute atomic E-state index is 0.0719. The van der Waals surface area contributed by atoms with Crippen LogP contribution in [0.15, 0.2) is 36.5 Å². The number of allylic oxidation sites excluding steroid dienone is 5. The molecule has 0 aliphatic carbocycles. The third-order valence-electron chi connectivity index (χ3n) is 6.94. The monoisotopic (exact) mass is 614 g/mol. The van der Waals surface area contributed by atoms with Crippen LogP contribution in [0.4, 0.5) is 0 Å². The second kappa shape index (κ2) is 29.8. The Morgan fingerprint density at radius 2 is 1.26 bits per heavy atom. The topological polar surface area (TPSA) is 131 Å². The maximum atomic E-state index is 12.6. The molecule has 0 heterocycles. The van der Waals surface area contributed by atoms with E-state index in [1.165, 1.54) is 57.8 Å². The summed E-state index contributed by atoms with van der Waals surface area (Å²) in [5.41, 5.74) is 5.33. The van der Waals surface area contributed by atoms with Gasteiger partial charge in [-0.1, -0.05) is 108 Å². The van der Waals surface area contributed by atoms with Gasteiger partial charge in [-0.3, -0.25) is 13.8 Å². The van der Waals surface area contributed by atoms with Gasteiger partial charge in [0.25, 0.3) is 0 Å². The Kier molecular flexibility index (Phi) is 28.9. The van der Waals surface area contributed by atoms with Crippen molar-refractivity contribution in [2.24, 2.45) is 5.73 Å². The molecule has 42 heavy (non-hydrogen) atoms. The minimum atomic E-state index is -4.33. The maximum Gasteiger partial charge on any atom is 0.472 e. The molecule has 0 spiro atoms. The van der Waals surface area contributed by atoms with Gasteiger partial charge in [-0.15, -0.1) is 0 Å². The number of aliphatic hydroxyl groups is 1. The molecule has 0 bridgehead atoms. The van der Waals surface area contributed by atoms with Crippen molar-refractivity contribution in [3.8, 4) is 0 Å². The van der Waals surface area contributed by atoms with Crippen molar-refractivity contribution in [2.75, 3.05) is 19.8 Å². The average molecular weight is 615 g/mol. The predicted molar refractivity (Wildman–Crippen MR) is 175 cm³/mol. The van der Waals surface area contributed by atoms with E-state index in [1.807, 2.05) is 6.08 Å². The Morgan fingerprint density at radius 3 is 1.88 bits per heavy atom. The fourth-order valence-electron chi connectivity index (χ4n) is 4.37. The van der Waals surface area contributed by atoms with E-state index in [1.54, 1.807) is 6.08 Å². The number of phosphoric ester groups is 1. The van der Waals surface area contributed by atoms with E-state index in [4.69, 9.17) is 14.8 Å². The summed E-state index contributed by atoms with van der Waals surface area (Å²) < 4.78 is 21.9. The van der Waals surface area contributed by atoms with Gasteiger partial charge in [-0.05, 0) is 57.8 Å². The molecule has 0 saturated carbocycles. The highest BCUT2D eigenvalue weighted by Gasteiger charge is 2.26. The fraction of sp³-hybridized carbons (Fsp3) is 0.788. The second-order valence-electron chi connectivity index (χ2n) is 11.0. The number of hydrogen-bond donors (Lipinski definition) is 4. The van der Waals surface area contributed by atoms with E-state index in [0.29, 0.717) is 6.42 Å². The van der Waals surface area contributed by atoms with Crippen molar-refractivity contribution in [1.29, 1.82) is 0 Å². The molecule has 1 amide bonds. The molecule has 3 unspecified atom stereocenters. The highest BCUT2D eigenvalue weighted by Crippen LogP contribution is 2.43. The zero-order chi connectivity index (χ0) is 31.2. The number of unbranched alkanes of at least 4 members (excludes halogenated alkanes) is 14. The second-order valence-corrected chi connectivity index (χ2v) is 12.5. The molecule has 0 aliphatic rings. The van der Waals surface area contributed by atoms with Crippen molar-refractivity contribution in [3.05, 3.63) is 36.5 Å². The van der Waals surface area contributed by atoms with Crippen LogP contribution in [0.1, 0.15) is 136 Å². The Labute approximate surface area is 257 Å². The highest BCUT2D eigenvalue weighted by atomic mass is 31.2. The van der Waals surface area contributed by atoms with Crippen LogP contribution >= 0.6 is 7.82 Å². The average Bonchev–Trinajstić information content (AvgIpc) is 2.97. The summed E-state index contributed by atoms with van der Waals surface area (Å²) >= 11 is 0. The molecule has 246 valence electrons. The number of carbonyl (C=O) groups is 1. The summed E-state index contributed by atoms with van der Waals surface area (Å²) in [6.45, 7) is 4.02. The molecule has 0 aromatic heterocycles. The number of rotatable bonds is 30. The van der Waals surface area contributed by atoms with Crippen LogP contribution in [0.5, 0.6) is 0 Å². The fourth-order valence-corrected chi connectivity index (χ4v) is 5.13. The van der Waals surface area contributed by atoms with Crippen molar-refractivity contribution in [1.82, 2.24) is 5.32 Å². The Hall–Kier alpha value is -1.28. The van der Waals surface area contributed by atoms with E-state index >= 15 is 0 Å². The van der Waals surface area contributed by atoms with Crippen LogP contribution in [0.2, 0.25) is 0 Å². The normalized spacial score (nSPS) is 15.1. The Bertz CT molecular complexity index is 759. The highest BCUT2D eigenvalue weighted by molar-refractivity contribution is 7.47. The third kappa shape index (κ3) is 27.5. The molecule has 0 saturated heterocycles. The smallest absolute Gasteiger partial charge is 0.387 e. The molecule has 0 fully saturated rings. The van der Waals surface area contributed by atoms with Gasteiger partial charge in [0.2, 0.25) is 5.91 Å². The lowest BCUT2D eigenvalue weighted by Crippen LogP contribution is -2.45. The maximum absolute atomic E-state index is 12.6. The van der Waals surface area contributed by atoms with Gasteiger partial charge in [0, 0.05) is 13.0 Å². The van der Waals surface area contributed by atoms with Gasteiger partial charge in [-0.25, -0.2) is 4.57 Å². The molecule has 0 rings (SSSR count). The third-order valence-corrected chi connectivity index (χ3v) is 7.92. The number of nitrogens with one attached hydrogen (secondary N) is 1. The number of amides is 1. The van der Waals surface area contributed by atoms with E-state index < -0.39 is 20.0 Å². The zero-order valence-electron chi connectivity index (χ0n) is 26.7. The summed E-state index contributed by atoms with van der Waals surface area (Å²) in [6, 6.07) is -0.876.